The second-order valence-corrected chi connectivity index (χ2v) is 8.26. The van der Waals surface area contributed by atoms with Crippen LogP contribution in [0.15, 0.2) is 60.7 Å². The summed E-state index contributed by atoms with van der Waals surface area (Å²) in [5.41, 5.74) is 7.22. The Labute approximate surface area is 171 Å². The molecule has 6 heteroatoms. The fraction of sp³-hybridized carbons (Fsp3) is 0.391. The van der Waals surface area contributed by atoms with Gasteiger partial charge in [0.05, 0.1) is 13.1 Å². The van der Waals surface area contributed by atoms with Gasteiger partial charge in [0, 0.05) is 24.4 Å². The number of rotatable bonds is 7. The number of nitrogens with one attached hydrogen (secondary N) is 1. The van der Waals surface area contributed by atoms with E-state index in [1.54, 1.807) is 0 Å². The topological polar surface area (TPSA) is 81.4 Å². The molecule has 3 aliphatic rings. The van der Waals surface area contributed by atoms with Crippen molar-refractivity contribution in [2.75, 3.05) is 31.5 Å². The van der Waals surface area contributed by atoms with Crippen molar-refractivity contribution in [2.45, 2.75) is 25.0 Å². The number of anilines is 1. The first-order valence-corrected chi connectivity index (χ1v) is 10.3. The minimum absolute atomic E-state index is 0.173. The molecule has 2 bridgehead atoms. The zero-order valence-electron chi connectivity index (χ0n) is 16.5. The summed E-state index contributed by atoms with van der Waals surface area (Å²) in [6.07, 6.45) is 1.76. The molecule has 2 aromatic rings. The Morgan fingerprint density at radius 1 is 1.03 bits per heavy atom. The highest BCUT2D eigenvalue weighted by Crippen LogP contribution is 2.36. The van der Waals surface area contributed by atoms with Crippen molar-refractivity contribution in [1.82, 2.24) is 0 Å². The van der Waals surface area contributed by atoms with E-state index in [1.165, 1.54) is 0 Å². The largest absolute Gasteiger partial charge is 0.454 e. The number of nitrogens with zero attached hydrogens (tertiary/aromatic N) is 1. The molecule has 1 amide bonds. The van der Waals surface area contributed by atoms with Crippen LogP contribution in [0.2, 0.25) is 0 Å². The molecular weight excluding hydrogens is 366 g/mol. The van der Waals surface area contributed by atoms with Crippen LogP contribution in [0, 0.1) is 5.92 Å². The summed E-state index contributed by atoms with van der Waals surface area (Å²) in [6.45, 7) is 2.87. The lowest BCUT2D eigenvalue weighted by atomic mass is 9.83. The van der Waals surface area contributed by atoms with Crippen molar-refractivity contribution >= 4 is 17.6 Å². The number of amides is 1. The molecule has 29 heavy (non-hydrogen) atoms. The van der Waals surface area contributed by atoms with Gasteiger partial charge in [0.25, 0.3) is 5.91 Å². The number of para-hydroxylation sites is 1. The van der Waals surface area contributed by atoms with E-state index in [-0.39, 0.29) is 18.0 Å². The molecule has 2 atom stereocenters. The van der Waals surface area contributed by atoms with E-state index in [4.69, 9.17) is 10.5 Å². The Morgan fingerprint density at radius 3 is 2.28 bits per heavy atom. The molecule has 0 saturated carbocycles. The molecule has 3 aliphatic heterocycles. The molecule has 3 saturated heterocycles. The van der Waals surface area contributed by atoms with Gasteiger partial charge in [-0.15, -0.1) is 0 Å². The molecule has 152 valence electrons. The van der Waals surface area contributed by atoms with Crippen molar-refractivity contribution in [3.63, 3.8) is 0 Å². The van der Waals surface area contributed by atoms with Gasteiger partial charge in [-0.1, -0.05) is 48.5 Å². The molecule has 5 rings (SSSR count). The van der Waals surface area contributed by atoms with Gasteiger partial charge in [-0.05, 0) is 17.7 Å². The van der Waals surface area contributed by atoms with Gasteiger partial charge in [-0.3, -0.25) is 4.79 Å². The number of nitrogens with two attached hydrogens (primary N) is 1. The number of fused-ring (bicyclic) bond motifs is 3. The summed E-state index contributed by atoms with van der Waals surface area (Å²) in [4.78, 5) is 24.8. The lowest BCUT2D eigenvalue weighted by Gasteiger charge is -2.51. The minimum Gasteiger partial charge on any atom is -0.454 e. The van der Waals surface area contributed by atoms with Gasteiger partial charge in [-0.2, -0.15) is 0 Å². The summed E-state index contributed by atoms with van der Waals surface area (Å²) in [6, 6.07) is 18.7. The van der Waals surface area contributed by atoms with Crippen LogP contribution in [0.3, 0.4) is 0 Å². The smallest absolute Gasteiger partial charge is 0.333 e. The highest BCUT2D eigenvalue weighted by atomic mass is 16.5. The Kier molecular flexibility index (Phi) is 5.53. The number of carbonyl (C=O) groups excluding carboxylic acids is 2. The highest BCUT2D eigenvalue weighted by molar-refractivity contribution is 5.81. The van der Waals surface area contributed by atoms with E-state index < -0.39 is 6.04 Å². The first kappa shape index (κ1) is 19.5. The molecular formula is C23H28N3O3+. The van der Waals surface area contributed by atoms with Crippen LogP contribution in [0.4, 0.5) is 5.69 Å². The zero-order valence-corrected chi connectivity index (χ0v) is 16.5. The summed E-state index contributed by atoms with van der Waals surface area (Å²) < 4.78 is 6.70. The van der Waals surface area contributed by atoms with E-state index in [9.17, 15) is 9.59 Å². The molecule has 3 fully saturated rings. The van der Waals surface area contributed by atoms with Crippen LogP contribution >= 0.6 is 0 Å². The van der Waals surface area contributed by atoms with Gasteiger partial charge < -0.3 is 20.3 Å². The number of ether oxygens (including phenoxy) is 1. The molecule has 0 spiro atoms. The number of primary amides is 1. The summed E-state index contributed by atoms with van der Waals surface area (Å²) in [5.74, 6) is -0.209. The first-order valence-electron chi connectivity index (χ1n) is 10.3. The summed E-state index contributed by atoms with van der Waals surface area (Å²) in [7, 11) is 0. The maximum Gasteiger partial charge on any atom is 0.333 e. The summed E-state index contributed by atoms with van der Waals surface area (Å²) in [5, 5.41) is 3.32. The van der Waals surface area contributed by atoms with Gasteiger partial charge in [0.15, 0.2) is 18.7 Å². The minimum atomic E-state index is -0.585. The number of benzene rings is 2. The average Bonchev–Trinajstić information content (AvgIpc) is 2.73. The lowest BCUT2D eigenvalue weighted by Crippen LogP contribution is -2.66. The number of carbonyl (C=O) groups is 2. The predicted octanol–water partition coefficient (Wildman–Crippen LogP) is 2.48. The van der Waals surface area contributed by atoms with Gasteiger partial charge in [0.1, 0.15) is 6.54 Å². The molecule has 0 aliphatic carbocycles. The third-order valence-electron chi connectivity index (χ3n) is 6.25. The van der Waals surface area contributed by atoms with E-state index in [0.29, 0.717) is 23.5 Å². The fourth-order valence-electron chi connectivity index (χ4n) is 4.75. The van der Waals surface area contributed by atoms with Crippen LogP contribution in [0.25, 0.3) is 0 Å². The molecule has 1 unspecified atom stereocenters. The van der Waals surface area contributed by atoms with E-state index in [2.05, 4.69) is 5.32 Å². The number of quaternary nitrogens is 1. The second-order valence-electron chi connectivity index (χ2n) is 8.26. The van der Waals surface area contributed by atoms with E-state index in [1.807, 2.05) is 60.7 Å². The van der Waals surface area contributed by atoms with Crippen LogP contribution in [-0.2, 0) is 14.3 Å². The quantitative estimate of drug-likeness (QED) is 0.558. The van der Waals surface area contributed by atoms with Crippen LogP contribution in [-0.4, -0.2) is 48.6 Å². The number of esters is 1. The van der Waals surface area contributed by atoms with Gasteiger partial charge in [-0.25, -0.2) is 4.79 Å². The maximum atomic E-state index is 13.2. The van der Waals surface area contributed by atoms with Crippen LogP contribution in [0.5, 0.6) is 0 Å². The Bertz CT molecular complexity index is 848. The fourth-order valence-corrected chi connectivity index (χ4v) is 4.75. The number of hydrogen-bond donors (Lipinski definition) is 2. The van der Waals surface area contributed by atoms with E-state index in [0.717, 1.165) is 37.2 Å². The Morgan fingerprint density at radius 2 is 1.66 bits per heavy atom. The highest BCUT2D eigenvalue weighted by Gasteiger charge is 2.48. The third-order valence-corrected chi connectivity index (χ3v) is 6.25. The monoisotopic (exact) mass is 394 g/mol. The van der Waals surface area contributed by atoms with Crippen molar-refractivity contribution in [2.24, 2.45) is 11.7 Å². The number of hydrogen-bond acceptors (Lipinski definition) is 4. The average molecular weight is 394 g/mol. The SMILES string of the molecule is NC(=O)C[N+]12CCC(CC1)[C@@H](OC(=O)C(Nc1ccccc1)c1ccccc1)C2. The van der Waals surface area contributed by atoms with Crippen molar-refractivity contribution in [1.29, 1.82) is 0 Å². The molecule has 2 aromatic carbocycles. The lowest BCUT2D eigenvalue weighted by molar-refractivity contribution is -0.939. The standard InChI is InChI=1S/C23H27N3O3/c24-21(27)16-26-13-11-17(12-14-26)20(15-26)29-23(28)22(18-7-3-1-4-8-18)25-19-9-5-2-6-10-19/h1-10,17,20,22,25H,11-16H2,(H-,24,27)/p+1/t17?,20-,22?,26?/m0/s1. The second kappa shape index (κ2) is 8.25. The molecule has 3 heterocycles. The Hall–Kier alpha value is -2.86. The van der Waals surface area contributed by atoms with Crippen molar-refractivity contribution < 1.29 is 18.8 Å². The predicted molar refractivity (Wildman–Crippen MR) is 111 cm³/mol. The summed E-state index contributed by atoms with van der Waals surface area (Å²) >= 11 is 0. The normalized spacial score (nSPS) is 26.5. The molecule has 0 aromatic heterocycles. The van der Waals surface area contributed by atoms with Gasteiger partial charge >= 0.3 is 5.97 Å². The van der Waals surface area contributed by atoms with Crippen molar-refractivity contribution in [3.05, 3.63) is 66.2 Å². The van der Waals surface area contributed by atoms with Gasteiger partial charge in [0.2, 0.25) is 0 Å². The number of piperidine rings is 3. The maximum absolute atomic E-state index is 13.2. The third kappa shape index (κ3) is 4.43. The zero-order chi connectivity index (χ0) is 20.3. The molecule has 3 N–H and O–H groups in total. The molecule has 6 nitrogen and oxygen atoms in total. The van der Waals surface area contributed by atoms with Crippen molar-refractivity contribution in [3.8, 4) is 0 Å². The Balaban J connectivity index is 1.51. The van der Waals surface area contributed by atoms with Crippen LogP contribution < -0.4 is 11.1 Å². The van der Waals surface area contributed by atoms with E-state index >= 15 is 0 Å². The molecule has 0 radical (unpaired) electrons. The van der Waals surface area contributed by atoms with Crippen LogP contribution in [0.1, 0.15) is 24.4 Å². The first-order chi connectivity index (χ1) is 14.0.